The number of carboxylic acids is 1. The maximum Gasteiger partial charge on any atom is 0.308 e. The Kier molecular flexibility index (Phi) is 4.42. The van der Waals surface area contributed by atoms with Crippen molar-refractivity contribution in [2.45, 2.75) is 6.92 Å². The van der Waals surface area contributed by atoms with Crippen molar-refractivity contribution in [3.63, 3.8) is 0 Å². The Morgan fingerprint density at radius 2 is 2.33 bits per heavy atom. The minimum absolute atomic E-state index is 0.369. The number of hydrogen-bond donors (Lipinski definition) is 2. The van der Waals surface area contributed by atoms with Crippen molar-refractivity contribution in [3.8, 4) is 0 Å². The van der Waals surface area contributed by atoms with E-state index in [9.17, 15) is 4.79 Å². The molecule has 0 radical (unpaired) electrons. The number of anilines is 1. The van der Waals surface area contributed by atoms with E-state index in [2.05, 4.69) is 21.2 Å². The maximum atomic E-state index is 10.6. The number of benzene rings is 1. The van der Waals surface area contributed by atoms with Gasteiger partial charge in [0.15, 0.2) is 0 Å². The highest BCUT2D eigenvalue weighted by Crippen LogP contribution is 2.29. The maximum absolute atomic E-state index is 10.6. The second-order valence-corrected chi connectivity index (χ2v) is 4.42. The second kappa shape index (κ2) is 5.37. The Morgan fingerprint density at radius 1 is 1.67 bits per heavy atom. The second-order valence-electron chi connectivity index (χ2n) is 3.22. The van der Waals surface area contributed by atoms with Crippen LogP contribution in [0.3, 0.4) is 0 Å². The van der Waals surface area contributed by atoms with Gasteiger partial charge in [0.2, 0.25) is 0 Å². The van der Waals surface area contributed by atoms with Crippen LogP contribution in [0, 0.1) is 5.92 Å². The Balaban J connectivity index is 2.66. The average Bonchev–Trinajstić information content (AvgIpc) is 2.19. The summed E-state index contributed by atoms with van der Waals surface area (Å²) in [4.78, 5) is 10.6. The van der Waals surface area contributed by atoms with Crippen molar-refractivity contribution >= 4 is 39.2 Å². The molecule has 82 valence electrons. The Bertz CT molecular complexity index is 370. The number of carbonyl (C=O) groups is 1. The van der Waals surface area contributed by atoms with E-state index in [1.54, 1.807) is 19.1 Å². The number of rotatable bonds is 4. The third kappa shape index (κ3) is 3.39. The molecule has 1 atom stereocenters. The first-order chi connectivity index (χ1) is 7.02. The van der Waals surface area contributed by atoms with Gasteiger partial charge in [-0.05, 0) is 28.1 Å². The first-order valence-corrected chi connectivity index (χ1v) is 5.60. The van der Waals surface area contributed by atoms with Crippen molar-refractivity contribution < 1.29 is 9.90 Å². The number of nitrogens with one attached hydrogen (secondary N) is 1. The van der Waals surface area contributed by atoms with Crippen LogP contribution in [0.5, 0.6) is 0 Å². The molecule has 1 aromatic rings. The standard InChI is InChI=1S/C10H11BrClNO2/c1-6(10(14)15)5-13-8-4-2-3-7(12)9(8)11/h2-4,6,13H,5H2,1H3,(H,14,15). The summed E-state index contributed by atoms with van der Waals surface area (Å²) in [6, 6.07) is 5.41. The van der Waals surface area contributed by atoms with E-state index in [0.29, 0.717) is 11.6 Å². The highest BCUT2D eigenvalue weighted by molar-refractivity contribution is 9.10. The number of aliphatic carboxylic acids is 1. The van der Waals surface area contributed by atoms with E-state index in [4.69, 9.17) is 16.7 Å². The van der Waals surface area contributed by atoms with Gasteiger partial charge in [-0.1, -0.05) is 24.6 Å². The van der Waals surface area contributed by atoms with E-state index in [1.165, 1.54) is 0 Å². The molecule has 0 fully saturated rings. The fraction of sp³-hybridized carbons (Fsp3) is 0.300. The summed E-state index contributed by atoms with van der Waals surface area (Å²) in [5.41, 5.74) is 0.801. The van der Waals surface area contributed by atoms with Crippen LogP contribution in [0.15, 0.2) is 22.7 Å². The zero-order valence-corrected chi connectivity index (χ0v) is 10.5. The molecular weight excluding hydrogens is 281 g/mol. The van der Waals surface area contributed by atoms with Gasteiger partial charge in [0.05, 0.1) is 15.4 Å². The van der Waals surface area contributed by atoms with E-state index in [0.717, 1.165) is 10.2 Å². The Hall–Kier alpha value is -0.740. The van der Waals surface area contributed by atoms with Crippen molar-refractivity contribution in [2.75, 3.05) is 11.9 Å². The fourth-order valence-corrected chi connectivity index (χ4v) is 1.57. The zero-order chi connectivity index (χ0) is 11.4. The quantitative estimate of drug-likeness (QED) is 0.896. The molecule has 3 nitrogen and oxygen atoms in total. The van der Waals surface area contributed by atoms with Crippen molar-refractivity contribution in [1.82, 2.24) is 0 Å². The topological polar surface area (TPSA) is 49.3 Å². The van der Waals surface area contributed by atoms with Crippen molar-refractivity contribution in [3.05, 3.63) is 27.7 Å². The predicted molar refractivity (Wildman–Crippen MR) is 64.4 cm³/mol. The molecule has 15 heavy (non-hydrogen) atoms. The minimum Gasteiger partial charge on any atom is -0.481 e. The average molecular weight is 293 g/mol. The molecule has 0 heterocycles. The summed E-state index contributed by atoms with van der Waals surface area (Å²) in [7, 11) is 0. The van der Waals surface area contributed by atoms with Gasteiger partial charge in [-0.2, -0.15) is 0 Å². The molecule has 0 spiro atoms. The molecule has 0 saturated heterocycles. The van der Waals surface area contributed by atoms with Crippen LogP contribution in [0.2, 0.25) is 5.02 Å². The molecular formula is C10H11BrClNO2. The molecule has 1 unspecified atom stereocenters. The molecule has 0 aromatic heterocycles. The van der Waals surface area contributed by atoms with Crippen LogP contribution in [0.4, 0.5) is 5.69 Å². The van der Waals surface area contributed by atoms with Gasteiger partial charge in [0.1, 0.15) is 0 Å². The molecule has 0 aliphatic heterocycles. The lowest BCUT2D eigenvalue weighted by atomic mass is 10.2. The summed E-state index contributed by atoms with van der Waals surface area (Å²) in [5, 5.41) is 12.3. The predicted octanol–water partition coefficient (Wildman–Crippen LogP) is 3.24. The van der Waals surface area contributed by atoms with Crippen LogP contribution in [-0.2, 0) is 4.79 Å². The normalized spacial score (nSPS) is 12.2. The van der Waals surface area contributed by atoms with E-state index in [1.807, 2.05) is 6.07 Å². The van der Waals surface area contributed by atoms with Gasteiger partial charge in [-0.15, -0.1) is 0 Å². The van der Waals surface area contributed by atoms with Crippen molar-refractivity contribution in [1.29, 1.82) is 0 Å². The molecule has 0 amide bonds. The van der Waals surface area contributed by atoms with Gasteiger partial charge in [0.25, 0.3) is 0 Å². The summed E-state index contributed by atoms with van der Waals surface area (Å²) in [5.74, 6) is -1.25. The number of halogens is 2. The lowest BCUT2D eigenvalue weighted by Gasteiger charge is -2.11. The number of carboxylic acid groups (broad SMARTS) is 1. The SMILES string of the molecule is CC(CNc1cccc(Cl)c1Br)C(=O)O. The molecule has 0 saturated carbocycles. The summed E-state index contributed by atoms with van der Waals surface area (Å²) in [6.07, 6.45) is 0. The fourth-order valence-electron chi connectivity index (χ4n) is 0.991. The Morgan fingerprint density at radius 3 is 2.93 bits per heavy atom. The van der Waals surface area contributed by atoms with Crippen LogP contribution in [-0.4, -0.2) is 17.6 Å². The van der Waals surface area contributed by atoms with E-state index in [-0.39, 0.29) is 0 Å². The molecule has 1 rings (SSSR count). The molecule has 0 bridgehead atoms. The monoisotopic (exact) mass is 291 g/mol. The van der Waals surface area contributed by atoms with Crippen LogP contribution in [0.25, 0.3) is 0 Å². The van der Waals surface area contributed by atoms with Crippen LogP contribution < -0.4 is 5.32 Å². The highest BCUT2D eigenvalue weighted by atomic mass is 79.9. The highest BCUT2D eigenvalue weighted by Gasteiger charge is 2.11. The third-order valence-corrected chi connectivity index (χ3v) is 3.37. The first kappa shape index (κ1) is 12.3. The van der Waals surface area contributed by atoms with Gasteiger partial charge in [-0.25, -0.2) is 0 Å². The van der Waals surface area contributed by atoms with Gasteiger partial charge >= 0.3 is 5.97 Å². The molecule has 0 aliphatic rings. The summed E-state index contributed by atoms with van der Waals surface area (Å²) >= 11 is 9.21. The molecule has 1 aromatic carbocycles. The van der Waals surface area contributed by atoms with Crippen LogP contribution >= 0.6 is 27.5 Å². The minimum atomic E-state index is -0.819. The van der Waals surface area contributed by atoms with E-state index < -0.39 is 11.9 Å². The Labute approximate surface area is 102 Å². The van der Waals surface area contributed by atoms with Gasteiger partial charge in [-0.3, -0.25) is 4.79 Å². The van der Waals surface area contributed by atoms with Crippen LogP contribution in [0.1, 0.15) is 6.92 Å². The largest absolute Gasteiger partial charge is 0.481 e. The lowest BCUT2D eigenvalue weighted by Crippen LogP contribution is -2.19. The van der Waals surface area contributed by atoms with E-state index >= 15 is 0 Å². The van der Waals surface area contributed by atoms with Gasteiger partial charge < -0.3 is 10.4 Å². The molecule has 0 aliphatic carbocycles. The summed E-state index contributed by atoms with van der Waals surface area (Å²) in [6.45, 7) is 2.02. The molecule has 2 N–H and O–H groups in total. The first-order valence-electron chi connectivity index (χ1n) is 4.43. The van der Waals surface area contributed by atoms with Gasteiger partial charge in [0, 0.05) is 12.2 Å². The molecule has 5 heteroatoms. The van der Waals surface area contributed by atoms with Crippen molar-refractivity contribution in [2.24, 2.45) is 5.92 Å². The lowest BCUT2D eigenvalue weighted by molar-refractivity contribution is -0.140. The third-order valence-electron chi connectivity index (χ3n) is 1.97. The smallest absolute Gasteiger partial charge is 0.308 e. The summed E-state index contributed by atoms with van der Waals surface area (Å²) < 4.78 is 0.754. The zero-order valence-electron chi connectivity index (χ0n) is 8.13. The number of hydrogen-bond acceptors (Lipinski definition) is 2.